The van der Waals surface area contributed by atoms with Crippen LogP contribution in [-0.2, 0) is 4.79 Å². The standard InChI is InChI=1S/C23H46N2O.HI/c1-5-6-7-8-9-10-11-12-13-14-15-16-17-18-19-20-23(26)24-21-22-25(2,3)4;/h12-13H,5-11,14-22H2,1-4H3;1H/b13-12-;. The van der Waals surface area contributed by atoms with E-state index in [1.165, 1.54) is 77.0 Å². The van der Waals surface area contributed by atoms with Crippen molar-refractivity contribution >= 4 is 5.91 Å². The van der Waals surface area contributed by atoms with Crippen molar-refractivity contribution < 1.29 is 33.3 Å². The van der Waals surface area contributed by atoms with Gasteiger partial charge in [0.05, 0.1) is 34.2 Å². The van der Waals surface area contributed by atoms with Gasteiger partial charge in [-0.1, -0.05) is 70.4 Å². The van der Waals surface area contributed by atoms with Crippen molar-refractivity contribution in [2.45, 2.75) is 96.8 Å². The Labute approximate surface area is 187 Å². The first-order valence-corrected chi connectivity index (χ1v) is 11.2. The minimum atomic E-state index is 0. The molecule has 0 aliphatic rings. The number of allylic oxidation sites excluding steroid dienone is 2. The summed E-state index contributed by atoms with van der Waals surface area (Å²) in [4.78, 5) is 11.7. The molecule has 1 amide bonds. The van der Waals surface area contributed by atoms with E-state index < -0.39 is 0 Å². The van der Waals surface area contributed by atoms with Crippen LogP contribution in [0.1, 0.15) is 96.8 Å². The Morgan fingerprint density at radius 2 is 1.26 bits per heavy atom. The third-order valence-corrected chi connectivity index (χ3v) is 4.77. The Hall–Kier alpha value is -0.100. The Balaban J connectivity index is 0. The van der Waals surface area contributed by atoms with Gasteiger partial charge >= 0.3 is 0 Å². The van der Waals surface area contributed by atoms with Gasteiger partial charge in [0.2, 0.25) is 5.91 Å². The lowest BCUT2D eigenvalue weighted by atomic mass is 10.1. The molecule has 0 radical (unpaired) electrons. The summed E-state index contributed by atoms with van der Waals surface area (Å²) in [5.41, 5.74) is 0. The first-order chi connectivity index (χ1) is 12.5. The van der Waals surface area contributed by atoms with E-state index in [0.717, 1.165) is 24.0 Å². The molecule has 0 heterocycles. The fourth-order valence-electron chi connectivity index (χ4n) is 2.98. The number of likely N-dealkylation sites (N-methyl/N-ethyl adjacent to an activating group) is 1. The zero-order valence-corrected chi connectivity index (χ0v) is 20.9. The van der Waals surface area contributed by atoms with E-state index in [2.05, 4.69) is 45.5 Å². The van der Waals surface area contributed by atoms with Crippen LogP contribution in [0.15, 0.2) is 12.2 Å². The number of carbonyl (C=O) groups is 1. The van der Waals surface area contributed by atoms with Crippen LogP contribution in [-0.4, -0.2) is 44.6 Å². The molecular formula is C23H47IN2O. The quantitative estimate of drug-likeness (QED) is 0.135. The van der Waals surface area contributed by atoms with Gasteiger partial charge in [0.15, 0.2) is 0 Å². The molecule has 4 heteroatoms. The Kier molecular flexibility index (Phi) is 22.2. The van der Waals surface area contributed by atoms with Crippen molar-refractivity contribution in [1.29, 1.82) is 0 Å². The largest absolute Gasteiger partial charge is 1.00 e. The number of carbonyl (C=O) groups excluding carboxylic acids is 1. The number of hydrogen-bond donors (Lipinski definition) is 1. The van der Waals surface area contributed by atoms with Crippen molar-refractivity contribution in [3.05, 3.63) is 12.2 Å². The highest BCUT2D eigenvalue weighted by Crippen LogP contribution is 2.09. The third-order valence-electron chi connectivity index (χ3n) is 4.77. The third kappa shape index (κ3) is 25.9. The molecule has 0 unspecified atom stereocenters. The van der Waals surface area contributed by atoms with Crippen molar-refractivity contribution in [3.8, 4) is 0 Å². The Bertz CT molecular complexity index is 351. The van der Waals surface area contributed by atoms with Crippen LogP contribution in [0.5, 0.6) is 0 Å². The minimum absolute atomic E-state index is 0. The highest BCUT2D eigenvalue weighted by molar-refractivity contribution is 5.75. The van der Waals surface area contributed by atoms with Crippen LogP contribution in [0.25, 0.3) is 0 Å². The summed E-state index contributed by atoms with van der Waals surface area (Å²) in [7, 11) is 6.45. The second-order valence-electron chi connectivity index (χ2n) is 8.70. The molecule has 0 rings (SSSR count). The van der Waals surface area contributed by atoms with Crippen molar-refractivity contribution in [2.75, 3.05) is 34.2 Å². The van der Waals surface area contributed by atoms with Crippen LogP contribution in [0.4, 0.5) is 0 Å². The van der Waals surface area contributed by atoms with Gasteiger partial charge in [0, 0.05) is 6.42 Å². The van der Waals surface area contributed by atoms with E-state index in [1.54, 1.807) is 0 Å². The molecule has 0 saturated heterocycles. The van der Waals surface area contributed by atoms with Crippen LogP contribution in [0.2, 0.25) is 0 Å². The zero-order valence-electron chi connectivity index (χ0n) is 18.7. The molecule has 162 valence electrons. The number of hydrogen-bond acceptors (Lipinski definition) is 1. The van der Waals surface area contributed by atoms with Crippen LogP contribution in [0, 0.1) is 0 Å². The van der Waals surface area contributed by atoms with Gasteiger partial charge in [0.1, 0.15) is 0 Å². The topological polar surface area (TPSA) is 29.1 Å². The van der Waals surface area contributed by atoms with Gasteiger partial charge in [-0.05, 0) is 32.1 Å². The SMILES string of the molecule is CCCCCCCC/C=C\CCCCCCCC(=O)NCC[N+](C)(C)C.[I-]. The van der Waals surface area contributed by atoms with Gasteiger partial charge in [-0.25, -0.2) is 0 Å². The highest BCUT2D eigenvalue weighted by Gasteiger charge is 2.07. The molecule has 0 bridgehead atoms. The summed E-state index contributed by atoms with van der Waals surface area (Å²) in [6.45, 7) is 4.04. The molecule has 0 fully saturated rings. The summed E-state index contributed by atoms with van der Waals surface area (Å²) in [5, 5.41) is 3.03. The van der Waals surface area contributed by atoms with Crippen LogP contribution in [0.3, 0.4) is 0 Å². The summed E-state index contributed by atoms with van der Waals surface area (Å²) in [6, 6.07) is 0. The molecule has 0 aliphatic heterocycles. The number of unbranched alkanes of at least 4 members (excludes halogenated alkanes) is 11. The summed E-state index contributed by atoms with van der Waals surface area (Å²) in [6.07, 6.45) is 22.3. The lowest BCUT2D eigenvalue weighted by molar-refractivity contribution is -0.869. The molecule has 0 atom stereocenters. The number of nitrogens with one attached hydrogen (secondary N) is 1. The fraction of sp³-hybridized carbons (Fsp3) is 0.870. The molecule has 0 saturated carbocycles. The molecule has 3 nitrogen and oxygen atoms in total. The van der Waals surface area contributed by atoms with E-state index in [-0.39, 0.29) is 29.9 Å². The van der Waals surface area contributed by atoms with Gasteiger partial charge in [-0.2, -0.15) is 0 Å². The van der Waals surface area contributed by atoms with E-state index >= 15 is 0 Å². The molecular weight excluding hydrogens is 447 g/mol. The van der Waals surface area contributed by atoms with E-state index in [0.29, 0.717) is 6.42 Å². The normalized spacial score (nSPS) is 11.6. The second-order valence-corrected chi connectivity index (χ2v) is 8.70. The summed E-state index contributed by atoms with van der Waals surface area (Å²) in [5.74, 6) is 0.219. The number of rotatable bonds is 18. The number of quaternary nitrogens is 1. The van der Waals surface area contributed by atoms with Crippen molar-refractivity contribution in [1.82, 2.24) is 5.32 Å². The molecule has 0 aliphatic carbocycles. The van der Waals surface area contributed by atoms with Crippen LogP contribution >= 0.6 is 0 Å². The highest BCUT2D eigenvalue weighted by atomic mass is 127. The Morgan fingerprint density at radius 3 is 1.78 bits per heavy atom. The average Bonchev–Trinajstić information content (AvgIpc) is 2.57. The number of halogens is 1. The zero-order chi connectivity index (χ0) is 19.5. The Morgan fingerprint density at radius 1 is 0.778 bits per heavy atom. The number of nitrogens with zero attached hydrogens (tertiary/aromatic N) is 1. The lowest BCUT2D eigenvalue weighted by Gasteiger charge is -2.23. The predicted molar refractivity (Wildman–Crippen MR) is 115 cm³/mol. The summed E-state index contributed by atoms with van der Waals surface area (Å²) >= 11 is 0. The first-order valence-electron chi connectivity index (χ1n) is 11.2. The molecule has 0 aromatic rings. The first kappa shape index (κ1) is 29.1. The van der Waals surface area contributed by atoms with Crippen molar-refractivity contribution in [3.63, 3.8) is 0 Å². The monoisotopic (exact) mass is 494 g/mol. The maximum absolute atomic E-state index is 11.7. The molecule has 1 N–H and O–H groups in total. The maximum Gasteiger partial charge on any atom is 0.220 e. The van der Waals surface area contributed by atoms with Crippen molar-refractivity contribution in [2.24, 2.45) is 0 Å². The molecule has 0 aromatic carbocycles. The summed E-state index contributed by atoms with van der Waals surface area (Å²) < 4.78 is 0.897. The van der Waals surface area contributed by atoms with E-state index in [4.69, 9.17) is 0 Å². The van der Waals surface area contributed by atoms with Gasteiger partial charge in [-0.3, -0.25) is 4.79 Å². The average molecular weight is 495 g/mol. The second kappa shape index (κ2) is 20.6. The predicted octanol–water partition coefficient (Wildman–Crippen LogP) is 2.85. The molecule has 0 aromatic heterocycles. The van der Waals surface area contributed by atoms with E-state index in [9.17, 15) is 4.79 Å². The van der Waals surface area contributed by atoms with E-state index in [1.807, 2.05) is 0 Å². The molecule has 27 heavy (non-hydrogen) atoms. The fourth-order valence-corrected chi connectivity index (χ4v) is 2.98. The maximum atomic E-state index is 11.7. The van der Waals surface area contributed by atoms with Gasteiger partial charge in [-0.15, -0.1) is 0 Å². The minimum Gasteiger partial charge on any atom is -1.00 e. The smallest absolute Gasteiger partial charge is 0.220 e. The van der Waals surface area contributed by atoms with Crippen LogP contribution < -0.4 is 29.3 Å². The lowest BCUT2D eigenvalue weighted by Crippen LogP contribution is -3.00. The number of amides is 1. The molecule has 0 spiro atoms. The van der Waals surface area contributed by atoms with Gasteiger partial charge in [0.25, 0.3) is 0 Å². The van der Waals surface area contributed by atoms with Gasteiger partial charge < -0.3 is 33.8 Å².